The Bertz CT molecular complexity index is 1050. The van der Waals surface area contributed by atoms with Crippen LogP contribution in [0, 0.1) is 0 Å². The molecule has 0 radical (unpaired) electrons. The monoisotopic (exact) mass is 289 g/mol. The lowest BCUT2D eigenvalue weighted by molar-refractivity contribution is 0.302. The molecule has 0 fully saturated rings. The van der Waals surface area contributed by atoms with Crippen molar-refractivity contribution < 1.29 is 9.62 Å². The molecule has 106 valence electrons. The summed E-state index contributed by atoms with van der Waals surface area (Å²) in [6.45, 7) is 0. The molecule has 3 heterocycles. The second kappa shape index (κ2) is 4.96. The molecule has 0 saturated carbocycles. The fraction of sp³-hybridized carbons (Fsp3) is 0. The van der Waals surface area contributed by atoms with Gasteiger partial charge in [-0.25, -0.2) is 0 Å². The largest absolute Gasteiger partial charge is 0.456 e. The molecule has 5 nitrogen and oxygen atoms in total. The van der Waals surface area contributed by atoms with Crippen LogP contribution in [-0.4, -0.2) is 15.2 Å². The van der Waals surface area contributed by atoms with Gasteiger partial charge in [0.25, 0.3) is 0 Å². The number of pyridine rings is 2. The smallest absolute Gasteiger partial charge is 0.138 e. The third-order valence-corrected chi connectivity index (χ3v) is 3.52. The van der Waals surface area contributed by atoms with E-state index >= 15 is 0 Å². The van der Waals surface area contributed by atoms with Crippen molar-refractivity contribution in [2.24, 2.45) is 5.16 Å². The molecule has 0 aliphatic carbocycles. The van der Waals surface area contributed by atoms with Crippen molar-refractivity contribution in [3.63, 3.8) is 0 Å². The lowest BCUT2D eigenvalue weighted by atomic mass is 10.1. The maximum Gasteiger partial charge on any atom is 0.138 e. The van der Waals surface area contributed by atoms with Gasteiger partial charge in [-0.15, -0.1) is 0 Å². The molecule has 22 heavy (non-hydrogen) atoms. The lowest BCUT2D eigenvalue weighted by Crippen LogP contribution is -2.03. The summed E-state index contributed by atoms with van der Waals surface area (Å²) < 4.78 is 5.91. The van der Waals surface area contributed by atoms with Crippen LogP contribution in [-0.2, 0) is 0 Å². The zero-order valence-corrected chi connectivity index (χ0v) is 11.5. The predicted molar refractivity (Wildman–Crippen MR) is 82.1 cm³/mol. The fourth-order valence-corrected chi connectivity index (χ4v) is 2.45. The summed E-state index contributed by atoms with van der Waals surface area (Å²) in [5, 5.41) is 14.7. The van der Waals surface area contributed by atoms with Gasteiger partial charge in [0.15, 0.2) is 0 Å². The Kier molecular flexibility index (Phi) is 2.83. The molecule has 3 aromatic heterocycles. The molecule has 0 atom stereocenters. The number of aromatic nitrogens is 2. The first-order valence-electron chi connectivity index (χ1n) is 6.76. The van der Waals surface area contributed by atoms with Gasteiger partial charge in [0.1, 0.15) is 16.7 Å². The molecule has 0 aliphatic heterocycles. The minimum atomic E-state index is 0.461. The molecule has 0 saturated heterocycles. The van der Waals surface area contributed by atoms with Crippen LogP contribution >= 0.6 is 0 Å². The van der Waals surface area contributed by atoms with E-state index < -0.39 is 0 Å². The molecular weight excluding hydrogens is 278 g/mol. The molecule has 0 unspecified atom stereocenters. The van der Waals surface area contributed by atoms with Crippen molar-refractivity contribution in [3.05, 3.63) is 66.4 Å². The number of fused-ring (bicyclic) bond motifs is 2. The lowest BCUT2D eigenvalue weighted by Gasteiger charge is -2.05. The number of benzene rings is 1. The van der Waals surface area contributed by atoms with Crippen LogP contribution in [0.1, 0.15) is 0 Å². The van der Waals surface area contributed by atoms with E-state index in [4.69, 9.17) is 4.42 Å². The summed E-state index contributed by atoms with van der Waals surface area (Å²) in [6.07, 6.45) is 5.19. The van der Waals surface area contributed by atoms with E-state index in [1.54, 1.807) is 24.7 Å². The van der Waals surface area contributed by atoms with Gasteiger partial charge in [-0.3, -0.25) is 9.97 Å². The van der Waals surface area contributed by atoms with Crippen molar-refractivity contribution in [1.82, 2.24) is 9.97 Å². The second-order valence-corrected chi connectivity index (χ2v) is 4.88. The van der Waals surface area contributed by atoms with Crippen molar-refractivity contribution in [2.45, 2.75) is 0 Å². The first-order valence-corrected chi connectivity index (χ1v) is 6.76. The molecule has 4 aromatic rings. The average Bonchev–Trinajstić information content (AvgIpc) is 2.60. The van der Waals surface area contributed by atoms with Crippen LogP contribution in [0.4, 0.5) is 0 Å². The van der Waals surface area contributed by atoms with Crippen LogP contribution in [0.25, 0.3) is 33.2 Å². The Balaban J connectivity index is 1.99. The van der Waals surface area contributed by atoms with E-state index in [9.17, 15) is 5.21 Å². The number of hydrogen-bond acceptors (Lipinski definition) is 5. The normalized spacial score (nSPS) is 12.1. The first kappa shape index (κ1) is 12.5. The molecule has 0 bridgehead atoms. The molecule has 0 spiro atoms. The van der Waals surface area contributed by atoms with E-state index in [-0.39, 0.29) is 0 Å². The molecule has 0 amide bonds. The third-order valence-electron chi connectivity index (χ3n) is 3.52. The highest BCUT2D eigenvalue weighted by Gasteiger charge is 2.07. The van der Waals surface area contributed by atoms with Gasteiger partial charge in [-0.1, -0.05) is 17.3 Å². The SMILES string of the molecule is O/N=c1\cc(-c2cnc3ccncc3c2)oc2ccccc12. The zero-order chi connectivity index (χ0) is 14.9. The van der Waals surface area contributed by atoms with Crippen LogP contribution < -0.4 is 5.36 Å². The fourth-order valence-electron chi connectivity index (χ4n) is 2.45. The molecule has 5 heteroatoms. The van der Waals surface area contributed by atoms with Gasteiger partial charge in [-0.05, 0) is 24.3 Å². The second-order valence-electron chi connectivity index (χ2n) is 4.88. The van der Waals surface area contributed by atoms with Crippen LogP contribution in [0.3, 0.4) is 0 Å². The first-order chi connectivity index (χ1) is 10.8. The van der Waals surface area contributed by atoms with Gasteiger partial charge in [-0.2, -0.15) is 0 Å². The van der Waals surface area contributed by atoms with Gasteiger partial charge in [0.2, 0.25) is 0 Å². The van der Waals surface area contributed by atoms with Crippen molar-refractivity contribution in [3.8, 4) is 11.3 Å². The topological polar surface area (TPSA) is 71.5 Å². The Labute approximate surface area is 125 Å². The van der Waals surface area contributed by atoms with E-state index in [2.05, 4.69) is 15.1 Å². The summed E-state index contributed by atoms with van der Waals surface area (Å²) in [5.41, 5.74) is 2.32. The van der Waals surface area contributed by atoms with Crippen LogP contribution in [0.15, 0.2) is 70.6 Å². The Morgan fingerprint density at radius 1 is 1.05 bits per heavy atom. The molecule has 1 N–H and O–H groups in total. The maximum absolute atomic E-state index is 9.24. The highest BCUT2D eigenvalue weighted by molar-refractivity contribution is 5.83. The highest BCUT2D eigenvalue weighted by Crippen LogP contribution is 2.24. The van der Waals surface area contributed by atoms with E-state index in [0.717, 1.165) is 21.9 Å². The molecule has 0 aliphatic rings. The summed E-state index contributed by atoms with van der Waals surface area (Å²) >= 11 is 0. The van der Waals surface area contributed by atoms with Gasteiger partial charge < -0.3 is 9.62 Å². The average molecular weight is 289 g/mol. The van der Waals surface area contributed by atoms with Crippen molar-refractivity contribution in [2.75, 3.05) is 0 Å². The van der Waals surface area contributed by atoms with Crippen molar-refractivity contribution in [1.29, 1.82) is 0 Å². The van der Waals surface area contributed by atoms with Crippen molar-refractivity contribution >= 4 is 21.9 Å². The van der Waals surface area contributed by atoms with E-state index in [1.165, 1.54) is 0 Å². The van der Waals surface area contributed by atoms with E-state index in [0.29, 0.717) is 16.7 Å². The number of nitrogens with zero attached hydrogens (tertiary/aromatic N) is 3. The standard InChI is InChI=1S/C17H11N3O2/c21-20-15-8-17(22-16-4-2-1-3-13(15)16)12-7-11-9-18-6-5-14(11)19-10-12/h1-10,21H/b20-15+. The summed E-state index contributed by atoms with van der Waals surface area (Å²) in [7, 11) is 0. The van der Waals surface area contributed by atoms with E-state index in [1.807, 2.05) is 36.4 Å². The number of hydrogen-bond donors (Lipinski definition) is 1. The highest BCUT2D eigenvalue weighted by atomic mass is 16.4. The minimum Gasteiger partial charge on any atom is -0.456 e. The molecule has 4 rings (SSSR count). The summed E-state index contributed by atoms with van der Waals surface area (Å²) in [5.74, 6) is 0.588. The third kappa shape index (κ3) is 2.00. The Morgan fingerprint density at radius 3 is 2.86 bits per heavy atom. The predicted octanol–water partition coefficient (Wildman–Crippen LogP) is 3.33. The molecular formula is C17H11N3O2. The quantitative estimate of drug-likeness (QED) is 0.431. The van der Waals surface area contributed by atoms with Crippen LogP contribution in [0.5, 0.6) is 0 Å². The van der Waals surface area contributed by atoms with Gasteiger partial charge in [0, 0.05) is 41.0 Å². The Morgan fingerprint density at radius 2 is 1.95 bits per heavy atom. The van der Waals surface area contributed by atoms with Crippen LogP contribution in [0.2, 0.25) is 0 Å². The summed E-state index contributed by atoms with van der Waals surface area (Å²) in [4.78, 5) is 8.50. The van der Waals surface area contributed by atoms with Gasteiger partial charge >= 0.3 is 0 Å². The molecule has 1 aromatic carbocycles. The zero-order valence-electron chi connectivity index (χ0n) is 11.5. The minimum absolute atomic E-state index is 0.461. The maximum atomic E-state index is 9.24. The van der Waals surface area contributed by atoms with Gasteiger partial charge in [0.05, 0.1) is 5.52 Å². The number of rotatable bonds is 1. The number of para-hydroxylation sites is 1. The summed E-state index contributed by atoms with van der Waals surface area (Å²) in [6, 6.07) is 12.9. The Hall–Kier alpha value is -3.21.